The molecule has 0 amide bonds. The summed E-state index contributed by atoms with van der Waals surface area (Å²) < 4.78 is 11.5. The van der Waals surface area contributed by atoms with Crippen molar-refractivity contribution in [3.63, 3.8) is 0 Å². The minimum atomic E-state index is -0.590. The Labute approximate surface area is 104 Å². The maximum Gasteiger partial charge on any atom is 0.163 e. The first-order valence-electron chi connectivity index (χ1n) is 6.39. The minimum absolute atomic E-state index is 0.00744. The Hall–Kier alpha value is -0.160. The van der Waals surface area contributed by atoms with Crippen LogP contribution in [0.2, 0.25) is 0 Å². The van der Waals surface area contributed by atoms with Gasteiger partial charge in [0.05, 0.1) is 18.8 Å². The van der Waals surface area contributed by atoms with Crippen molar-refractivity contribution in [1.29, 1.82) is 0 Å². The maximum absolute atomic E-state index is 10.1. The second kappa shape index (κ2) is 5.65. The van der Waals surface area contributed by atoms with Gasteiger partial charge in [-0.1, -0.05) is 20.8 Å². The quantitative estimate of drug-likeness (QED) is 0.787. The molecule has 1 fully saturated rings. The SMILES string of the molecule is C[C@@H]([C@H](O)[C@H](C)CO)[C@@H]1OC(C)(C)OC[C@H]1C. The molecule has 0 bridgehead atoms. The maximum atomic E-state index is 10.1. The Morgan fingerprint density at radius 3 is 2.47 bits per heavy atom. The van der Waals surface area contributed by atoms with E-state index < -0.39 is 11.9 Å². The van der Waals surface area contributed by atoms with Crippen LogP contribution in [-0.2, 0) is 9.47 Å². The molecule has 0 aromatic rings. The van der Waals surface area contributed by atoms with Gasteiger partial charge in [0.15, 0.2) is 5.79 Å². The lowest BCUT2D eigenvalue weighted by Crippen LogP contribution is -2.50. The summed E-state index contributed by atoms with van der Waals surface area (Å²) in [5.41, 5.74) is 0. The van der Waals surface area contributed by atoms with Gasteiger partial charge in [-0.2, -0.15) is 0 Å². The molecule has 1 aliphatic rings. The third-order valence-electron chi connectivity index (χ3n) is 3.60. The van der Waals surface area contributed by atoms with E-state index in [-0.39, 0.29) is 30.5 Å². The standard InChI is InChI=1S/C13H26O4/c1-8(6-14)11(15)10(3)12-9(2)7-16-13(4,5)17-12/h8-12,14-15H,6-7H2,1-5H3/t8-,9-,10+,11-,12-/m1/s1. The van der Waals surface area contributed by atoms with E-state index in [1.807, 2.05) is 27.7 Å². The molecule has 0 saturated carbocycles. The van der Waals surface area contributed by atoms with Gasteiger partial charge >= 0.3 is 0 Å². The molecule has 1 saturated heterocycles. The smallest absolute Gasteiger partial charge is 0.163 e. The fourth-order valence-electron chi connectivity index (χ4n) is 2.35. The molecule has 102 valence electrons. The average Bonchev–Trinajstić information content (AvgIpc) is 2.29. The van der Waals surface area contributed by atoms with Crippen LogP contribution < -0.4 is 0 Å². The zero-order valence-electron chi connectivity index (χ0n) is 11.5. The van der Waals surface area contributed by atoms with Gasteiger partial charge < -0.3 is 19.7 Å². The van der Waals surface area contributed by atoms with Crippen LogP contribution in [0.25, 0.3) is 0 Å². The number of ether oxygens (including phenoxy) is 2. The Bertz CT molecular complexity index is 242. The van der Waals surface area contributed by atoms with Crippen LogP contribution in [0.1, 0.15) is 34.6 Å². The monoisotopic (exact) mass is 246 g/mol. The molecule has 1 rings (SSSR count). The third kappa shape index (κ3) is 3.65. The molecule has 5 atom stereocenters. The molecule has 4 heteroatoms. The van der Waals surface area contributed by atoms with Gasteiger partial charge in [-0.3, -0.25) is 0 Å². The summed E-state index contributed by atoms with van der Waals surface area (Å²) in [6.07, 6.45) is -0.593. The van der Waals surface area contributed by atoms with E-state index >= 15 is 0 Å². The van der Waals surface area contributed by atoms with Crippen molar-refractivity contribution in [1.82, 2.24) is 0 Å². The molecular formula is C13H26O4. The summed E-state index contributed by atoms with van der Waals surface area (Å²) in [6.45, 7) is 10.3. The topological polar surface area (TPSA) is 58.9 Å². The largest absolute Gasteiger partial charge is 0.396 e. The predicted octanol–water partition coefficient (Wildman–Crippen LogP) is 1.40. The Balaban J connectivity index is 2.69. The van der Waals surface area contributed by atoms with Crippen molar-refractivity contribution in [2.45, 2.75) is 52.6 Å². The van der Waals surface area contributed by atoms with Crippen molar-refractivity contribution >= 4 is 0 Å². The van der Waals surface area contributed by atoms with Gasteiger partial charge in [-0.05, 0) is 13.8 Å². The molecule has 17 heavy (non-hydrogen) atoms. The van der Waals surface area contributed by atoms with Crippen molar-refractivity contribution in [2.24, 2.45) is 17.8 Å². The van der Waals surface area contributed by atoms with Gasteiger partial charge in [0.25, 0.3) is 0 Å². The molecule has 0 spiro atoms. The Morgan fingerprint density at radius 2 is 1.94 bits per heavy atom. The van der Waals surface area contributed by atoms with Crippen LogP contribution in [0.5, 0.6) is 0 Å². The van der Waals surface area contributed by atoms with Crippen molar-refractivity contribution in [2.75, 3.05) is 13.2 Å². The molecule has 0 radical (unpaired) electrons. The number of hydrogen-bond donors (Lipinski definition) is 2. The van der Waals surface area contributed by atoms with E-state index in [1.54, 1.807) is 0 Å². The predicted molar refractivity (Wildman–Crippen MR) is 65.5 cm³/mol. The molecule has 1 heterocycles. The highest BCUT2D eigenvalue weighted by Gasteiger charge is 2.40. The van der Waals surface area contributed by atoms with Crippen molar-refractivity contribution in [3.05, 3.63) is 0 Å². The normalized spacial score (nSPS) is 34.1. The fraction of sp³-hybridized carbons (Fsp3) is 1.00. The van der Waals surface area contributed by atoms with Crippen molar-refractivity contribution < 1.29 is 19.7 Å². The molecule has 0 aromatic heterocycles. The highest BCUT2D eigenvalue weighted by Crippen LogP contribution is 2.32. The summed E-state index contributed by atoms with van der Waals surface area (Å²) in [7, 11) is 0. The molecule has 1 aliphatic heterocycles. The fourth-order valence-corrected chi connectivity index (χ4v) is 2.35. The van der Waals surface area contributed by atoms with Gasteiger partial charge in [0.2, 0.25) is 0 Å². The van der Waals surface area contributed by atoms with E-state index in [0.29, 0.717) is 6.61 Å². The van der Waals surface area contributed by atoms with Crippen LogP contribution in [0, 0.1) is 17.8 Å². The van der Waals surface area contributed by atoms with E-state index in [2.05, 4.69) is 6.92 Å². The molecule has 4 nitrogen and oxygen atoms in total. The third-order valence-corrected chi connectivity index (χ3v) is 3.60. The lowest BCUT2D eigenvalue weighted by Gasteiger charge is -2.44. The van der Waals surface area contributed by atoms with Crippen molar-refractivity contribution in [3.8, 4) is 0 Å². The highest BCUT2D eigenvalue weighted by molar-refractivity contribution is 4.84. The van der Waals surface area contributed by atoms with E-state index in [1.165, 1.54) is 0 Å². The number of rotatable bonds is 4. The molecule has 2 N–H and O–H groups in total. The van der Waals surface area contributed by atoms with Crippen LogP contribution in [0.3, 0.4) is 0 Å². The van der Waals surface area contributed by atoms with E-state index in [9.17, 15) is 5.11 Å². The van der Waals surface area contributed by atoms with Gasteiger partial charge in [-0.15, -0.1) is 0 Å². The molecule has 0 unspecified atom stereocenters. The number of aliphatic hydroxyl groups is 2. The summed E-state index contributed by atoms with van der Waals surface area (Å²) in [6, 6.07) is 0. The number of hydrogen-bond acceptors (Lipinski definition) is 4. The minimum Gasteiger partial charge on any atom is -0.396 e. The van der Waals surface area contributed by atoms with Gasteiger partial charge in [-0.25, -0.2) is 0 Å². The Kier molecular flexibility index (Phi) is 4.95. The summed E-state index contributed by atoms with van der Waals surface area (Å²) in [5.74, 6) is -0.492. The molecule has 0 aromatic carbocycles. The lowest BCUT2D eigenvalue weighted by atomic mass is 9.84. The summed E-state index contributed by atoms with van der Waals surface area (Å²) >= 11 is 0. The van der Waals surface area contributed by atoms with Crippen LogP contribution in [0.4, 0.5) is 0 Å². The van der Waals surface area contributed by atoms with E-state index in [0.717, 1.165) is 0 Å². The second-order valence-electron chi connectivity index (χ2n) is 5.78. The lowest BCUT2D eigenvalue weighted by molar-refractivity contribution is -0.304. The first kappa shape index (κ1) is 14.9. The summed E-state index contributed by atoms with van der Waals surface area (Å²) in [5, 5.41) is 19.2. The van der Waals surface area contributed by atoms with E-state index in [4.69, 9.17) is 14.6 Å². The second-order valence-corrected chi connectivity index (χ2v) is 5.78. The molecular weight excluding hydrogens is 220 g/mol. The first-order chi connectivity index (χ1) is 7.78. The zero-order valence-corrected chi connectivity index (χ0v) is 11.5. The van der Waals surface area contributed by atoms with Crippen LogP contribution in [0.15, 0.2) is 0 Å². The first-order valence-corrected chi connectivity index (χ1v) is 6.39. The number of aliphatic hydroxyl groups excluding tert-OH is 2. The highest BCUT2D eigenvalue weighted by atomic mass is 16.7. The van der Waals surface area contributed by atoms with Gasteiger partial charge in [0, 0.05) is 24.4 Å². The van der Waals surface area contributed by atoms with Gasteiger partial charge in [0.1, 0.15) is 0 Å². The molecule has 0 aliphatic carbocycles. The summed E-state index contributed by atoms with van der Waals surface area (Å²) in [4.78, 5) is 0. The zero-order chi connectivity index (χ0) is 13.2. The Morgan fingerprint density at radius 1 is 1.35 bits per heavy atom. The van der Waals surface area contributed by atoms with Crippen LogP contribution >= 0.6 is 0 Å². The van der Waals surface area contributed by atoms with Crippen LogP contribution in [-0.4, -0.2) is 41.4 Å². The average molecular weight is 246 g/mol.